The Kier molecular flexibility index (Phi) is 4.67. The molecule has 0 spiro atoms. The van der Waals surface area contributed by atoms with Gasteiger partial charge in [0.25, 0.3) is 0 Å². The second-order valence-electron chi connectivity index (χ2n) is 8.77. The van der Waals surface area contributed by atoms with Crippen LogP contribution in [0.1, 0.15) is 48.3 Å². The molecule has 3 aromatic rings. The number of furan rings is 1. The molecule has 1 aliphatic carbocycles. The lowest BCUT2D eigenvalue weighted by Gasteiger charge is -2.36. The molecule has 1 aromatic heterocycles. The van der Waals surface area contributed by atoms with Gasteiger partial charge in [-0.15, -0.1) is 0 Å². The van der Waals surface area contributed by atoms with E-state index in [1.807, 2.05) is 0 Å². The minimum Gasteiger partial charge on any atom is -0.481 e. The highest BCUT2D eigenvalue weighted by molar-refractivity contribution is 5.84. The molecule has 0 amide bonds. The summed E-state index contributed by atoms with van der Waals surface area (Å²) in [5.74, 6) is 0.734. The van der Waals surface area contributed by atoms with Gasteiger partial charge in [-0.05, 0) is 60.6 Å². The molecule has 1 saturated heterocycles. The van der Waals surface area contributed by atoms with E-state index in [2.05, 4.69) is 54.3 Å². The second-order valence-corrected chi connectivity index (χ2v) is 8.77. The molecule has 1 aliphatic heterocycles. The van der Waals surface area contributed by atoms with Crippen molar-refractivity contribution >= 4 is 16.9 Å². The summed E-state index contributed by atoms with van der Waals surface area (Å²) in [6, 6.07) is 15.3. The normalized spacial score (nSPS) is 18.4. The van der Waals surface area contributed by atoms with Crippen LogP contribution in [0.3, 0.4) is 0 Å². The molecule has 0 atom stereocenters. The van der Waals surface area contributed by atoms with E-state index < -0.39 is 5.97 Å². The smallest absolute Gasteiger partial charge is 0.309 e. The van der Waals surface area contributed by atoms with Gasteiger partial charge >= 0.3 is 5.97 Å². The molecule has 4 nitrogen and oxygen atoms in total. The van der Waals surface area contributed by atoms with Crippen molar-refractivity contribution in [3.05, 3.63) is 59.2 Å². The number of carbonyl (C=O) groups is 1. The Hall–Kier alpha value is -2.59. The number of aryl methyl sites for hydroxylation is 1. The van der Waals surface area contributed by atoms with Gasteiger partial charge in [-0.25, -0.2) is 0 Å². The summed E-state index contributed by atoms with van der Waals surface area (Å²) < 4.78 is 6.17. The third kappa shape index (κ3) is 3.58. The Bertz CT molecular complexity index is 1060. The molecule has 2 fully saturated rings. The fraction of sp³-hybridized carbons (Fsp3) is 0.400. The maximum Gasteiger partial charge on any atom is 0.309 e. The molecule has 5 rings (SSSR count). The minimum atomic E-state index is -0.686. The van der Waals surface area contributed by atoms with Gasteiger partial charge in [0, 0.05) is 30.6 Å². The summed E-state index contributed by atoms with van der Waals surface area (Å²) in [7, 11) is 0. The third-order valence-electron chi connectivity index (χ3n) is 6.64. The highest BCUT2D eigenvalue weighted by Crippen LogP contribution is 2.37. The first-order valence-corrected chi connectivity index (χ1v) is 10.7. The van der Waals surface area contributed by atoms with Crippen molar-refractivity contribution in [1.29, 1.82) is 0 Å². The minimum absolute atomic E-state index is 0.208. The number of fused-ring (bicyclic) bond motifs is 1. The van der Waals surface area contributed by atoms with E-state index in [9.17, 15) is 4.79 Å². The van der Waals surface area contributed by atoms with Gasteiger partial charge < -0.3 is 9.52 Å². The molecule has 4 heteroatoms. The highest BCUT2D eigenvalue weighted by atomic mass is 16.4. The summed E-state index contributed by atoms with van der Waals surface area (Å²) in [6.07, 6.45) is 5.31. The zero-order valence-electron chi connectivity index (χ0n) is 16.9. The van der Waals surface area contributed by atoms with Gasteiger partial charge in [0.15, 0.2) is 0 Å². The van der Waals surface area contributed by atoms with E-state index in [1.165, 1.54) is 47.8 Å². The maximum absolute atomic E-state index is 11.0. The molecule has 1 saturated carbocycles. The first-order valence-electron chi connectivity index (χ1n) is 10.7. The molecular weight excluding hydrogens is 362 g/mol. The second kappa shape index (κ2) is 7.34. The number of carboxylic acids is 1. The van der Waals surface area contributed by atoms with Crippen LogP contribution in [0.15, 0.2) is 46.9 Å². The number of aliphatic carboxylic acids is 1. The van der Waals surface area contributed by atoms with Gasteiger partial charge in [0.1, 0.15) is 11.3 Å². The Morgan fingerprint density at radius 2 is 1.90 bits per heavy atom. The Labute approximate surface area is 171 Å². The lowest BCUT2D eigenvalue weighted by atomic mass is 9.96. The molecule has 0 bridgehead atoms. The molecule has 2 aromatic carbocycles. The van der Waals surface area contributed by atoms with Crippen molar-refractivity contribution in [1.82, 2.24) is 4.90 Å². The van der Waals surface area contributed by atoms with Crippen molar-refractivity contribution in [3.63, 3.8) is 0 Å². The van der Waals surface area contributed by atoms with E-state index in [0.717, 1.165) is 23.5 Å². The van der Waals surface area contributed by atoms with Crippen LogP contribution in [-0.4, -0.2) is 29.1 Å². The topological polar surface area (TPSA) is 53.7 Å². The predicted molar refractivity (Wildman–Crippen MR) is 114 cm³/mol. The molecular formula is C25H27NO3. The molecule has 0 unspecified atom stereocenters. The lowest BCUT2D eigenvalue weighted by molar-refractivity contribution is -0.147. The van der Waals surface area contributed by atoms with Crippen molar-refractivity contribution in [2.75, 3.05) is 13.1 Å². The monoisotopic (exact) mass is 389 g/mol. The summed E-state index contributed by atoms with van der Waals surface area (Å²) in [5.41, 5.74) is 5.93. The summed E-state index contributed by atoms with van der Waals surface area (Å²) >= 11 is 0. The van der Waals surface area contributed by atoms with Crippen LogP contribution >= 0.6 is 0 Å². The average molecular weight is 389 g/mol. The first kappa shape index (κ1) is 18.4. The van der Waals surface area contributed by atoms with Crippen LogP contribution in [0, 0.1) is 12.8 Å². The highest BCUT2D eigenvalue weighted by Gasteiger charge is 2.32. The van der Waals surface area contributed by atoms with Crippen LogP contribution in [0.4, 0.5) is 0 Å². The average Bonchev–Trinajstić information content (AvgIpc) is 3.32. The maximum atomic E-state index is 11.0. The van der Waals surface area contributed by atoms with Gasteiger partial charge in [0.2, 0.25) is 0 Å². The fourth-order valence-electron chi connectivity index (χ4n) is 4.92. The van der Waals surface area contributed by atoms with Gasteiger partial charge in [-0.2, -0.15) is 0 Å². The van der Waals surface area contributed by atoms with Gasteiger partial charge in [-0.1, -0.05) is 37.1 Å². The van der Waals surface area contributed by atoms with E-state index >= 15 is 0 Å². The quantitative estimate of drug-likeness (QED) is 0.619. The predicted octanol–water partition coefficient (Wildman–Crippen LogP) is 5.58. The number of benzene rings is 2. The number of carboxylic acid groups (broad SMARTS) is 1. The molecule has 1 N–H and O–H groups in total. The molecule has 150 valence electrons. The largest absolute Gasteiger partial charge is 0.481 e. The standard InChI is InChI=1S/C25H27NO3/c1-16-10-17(13-26-14-21(15-26)25(27)28)6-8-22(16)24-12-20-11-19(7-9-23(20)29-24)18-4-2-3-5-18/h6-12,18,21H,2-5,13-15H2,1H3,(H,27,28). The van der Waals surface area contributed by atoms with Crippen LogP contribution in [0.5, 0.6) is 0 Å². The van der Waals surface area contributed by atoms with Crippen LogP contribution < -0.4 is 0 Å². The van der Waals surface area contributed by atoms with E-state index in [0.29, 0.717) is 19.0 Å². The first-order chi connectivity index (χ1) is 14.1. The van der Waals surface area contributed by atoms with Crippen molar-refractivity contribution < 1.29 is 14.3 Å². The third-order valence-corrected chi connectivity index (χ3v) is 6.64. The Morgan fingerprint density at radius 3 is 2.62 bits per heavy atom. The van der Waals surface area contributed by atoms with Crippen LogP contribution in [-0.2, 0) is 11.3 Å². The van der Waals surface area contributed by atoms with Crippen molar-refractivity contribution in [2.45, 2.75) is 45.1 Å². The number of likely N-dealkylation sites (tertiary alicyclic amines) is 1. The number of rotatable bonds is 5. The molecule has 29 heavy (non-hydrogen) atoms. The Morgan fingerprint density at radius 1 is 1.10 bits per heavy atom. The summed E-state index contributed by atoms with van der Waals surface area (Å²) in [4.78, 5) is 13.1. The van der Waals surface area contributed by atoms with Gasteiger partial charge in [-0.3, -0.25) is 9.69 Å². The van der Waals surface area contributed by atoms with E-state index in [-0.39, 0.29) is 5.92 Å². The van der Waals surface area contributed by atoms with Gasteiger partial charge in [0.05, 0.1) is 5.92 Å². The zero-order chi connectivity index (χ0) is 20.0. The SMILES string of the molecule is Cc1cc(CN2CC(C(=O)O)C2)ccc1-c1cc2cc(C3CCCC3)ccc2o1. The fourth-order valence-corrected chi connectivity index (χ4v) is 4.92. The van der Waals surface area contributed by atoms with Crippen molar-refractivity contribution in [2.24, 2.45) is 5.92 Å². The Balaban J connectivity index is 1.35. The number of nitrogens with zero attached hydrogens (tertiary/aromatic N) is 1. The number of hydrogen-bond donors (Lipinski definition) is 1. The number of hydrogen-bond acceptors (Lipinski definition) is 3. The van der Waals surface area contributed by atoms with Crippen LogP contribution in [0.2, 0.25) is 0 Å². The zero-order valence-corrected chi connectivity index (χ0v) is 16.9. The van der Waals surface area contributed by atoms with Crippen molar-refractivity contribution in [3.8, 4) is 11.3 Å². The lowest BCUT2D eigenvalue weighted by Crippen LogP contribution is -2.49. The summed E-state index contributed by atoms with van der Waals surface area (Å²) in [6.45, 7) is 4.20. The molecule has 2 heterocycles. The van der Waals surface area contributed by atoms with E-state index in [4.69, 9.17) is 9.52 Å². The summed E-state index contributed by atoms with van der Waals surface area (Å²) in [5, 5.41) is 10.2. The molecule has 0 radical (unpaired) electrons. The van der Waals surface area contributed by atoms with Crippen LogP contribution in [0.25, 0.3) is 22.3 Å². The molecule has 2 aliphatic rings. The van der Waals surface area contributed by atoms with E-state index in [1.54, 1.807) is 0 Å².